The maximum Gasteiger partial charge on any atom is 0.0107 e. The van der Waals surface area contributed by atoms with Gasteiger partial charge in [0.05, 0.1) is 0 Å². The molecule has 0 aromatic rings. The van der Waals surface area contributed by atoms with Crippen molar-refractivity contribution in [2.45, 2.75) is 26.7 Å². The average molecular weight is 184 g/mol. The average Bonchev–Trinajstić information content (AvgIpc) is 2.15. The standard InChI is InChI=1S/C11H24N2/c1-10(2)11-5-4-7-13(9-11)8-6-12-3/h10-12H,4-9H2,1-3H3. The Balaban J connectivity index is 2.25. The lowest BCUT2D eigenvalue weighted by molar-refractivity contribution is 0.147. The van der Waals surface area contributed by atoms with Crippen LogP contribution in [0.25, 0.3) is 0 Å². The molecule has 1 fully saturated rings. The predicted octanol–water partition coefficient (Wildman–Crippen LogP) is 1.57. The number of likely N-dealkylation sites (tertiary alicyclic amines) is 1. The van der Waals surface area contributed by atoms with Crippen molar-refractivity contribution < 1.29 is 0 Å². The third-order valence-corrected chi connectivity index (χ3v) is 3.16. The summed E-state index contributed by atoms with van der Waals surface area (Å²) in [5, 5.41) is 3.22. The fourth-order valence-electron chi connectivity index (χ4n) is 2.11. The molecule has 0 saturated carbocycles. The molecule has 1 rings (SSSR count). The van der Waals surface area contributed by atoms with Crippen LogP contribution in [0.5, 0.6) is 0 Å². The summed E-state index contributed by atoms with van der Waals surface area (Å²) in [5.41, 5.74) is 0. The van der Waals surface area contributed by atoms with Crippen LogP contribution in [0.4, 0.5) is 0 Å². The zero-order chi connectivity index (χ0) is 9.68. The van der Waals surface area contributed by atoms with E-state index in [0.29, 0.717) is 0 Å². The number of likely N-dealkylation sites (N-methyl/N-ethyl adjacent to an activating group) is 1. The Labute approximate surface area is 82.7 Å². The van der Waals surface area contributed by atoms with E-state index in [2.05, 4.69) is 24.1 Å². The van der Waals surface area contributed by atoms with Gasteiger partial charge in [-0.15, -0.1) is 0 Å². The molecular formula is C11H24N2. The molecule has 0 spiro atoms. The summed E-state index contributed by atoms with van der Waals surface area (Å²) in [5.74, 6) is 1.79. The second-order valence-corrected chi connectivity index (χ2v) is 4.55. The molecule has 78 valence electrons. The fourth-order valence-corrected chi connectivity index (χ4v) is 2.11. The van der Waals surface area contributed by atoms with E-state index in [9.17, 15) is 0 Å². The van der Waals surface area contributed by atoms with E-state index in [1.165, 1.54) is 32.5 Å². The smallest absolute Gasteiger partial charge is 0.0107 e. The monoisotopic (exact) mass is 184 g/mol. The first-order chi connectivity index (χ1) is 6.24. The summed E-state index contributed by atoms with van der Waals surface area (Å²) in [7, 11) is 2.03. The molecule has 1 heterocycles. The van der Waals surface area contributed by atoms with Crippen LogP contribution >= 0.6 is 0 Å². The minimum absolute atomic E-state index is 0.859. The summed E-state index contributed by atoms with van der Waals surface area (Å²) >= 11 is 0. The first kappa shape index (κ1) is 11.0. The normalized spacial score (nSPS) is 25.4. The third-order valence-electron chi connectivity index (χ3n) is 3.16. The molecule has 1 N–H and O–H groups in total. The van der Waals surface area contributed by atoms with Crippen molar-refractivity contribution >= 4 is 0 Å². The number of nitrogens with zero attached hydrogens (tertiary/aromatic N) is 1. The largest absolute Gasteiger partial charge is 0.318 e. The molecule has 1 atom stereocenters. The summed E-state index contributed by atoms with van der Waals surface area (Å²) in [6, 6.07) is 0. The first-order valence-corrected chi connectivity index (χ1v) is 5.61. The van der Waals surface area contributed by atoms with E-state index in [-0.39, 0.29) is 0 Å². The highest BCUT2D eigenvalue weighted by atomic mass is 15.1. The van der Waals surface area contributed by atoms with Crippen molar-refractivity contribution in [3.05, 3.63) is 0 Å². The van der Waals surface area contributed by atoms with E-state index in [0.717, 1.165) is 18.4 Å². The minimum Gasteiger partial charge on any atom is -0.318 e. The highest BCUT2D eigenvalue weighted by Crippen LogP contribution is 2.22. The molecule has 2 heteroatoms. The number of hydrogen-bond acceptors (Lipinski definition) is 2. The zero-order valence-electron chi connectivity index (χ0n) is 9.34. The molecule has 13 heavy (non-hydrogen) atoms. The van der Waals surface area contributed by atoms with Crippen molar-refractivity contribution in [1.29, 1.82) is 0 Å². The zero-order valence-corrected chi connectivity index (χ0v) is 9.34. The van der Waals surface area contributed by atoms with Crippen molar-refractivity contribution in [3.8, 4) is 0 Å². The van der Waals surface area contributed by atoms with Gasteiger partial charge in [0.15, 0.2) is 0 Å². The highest BCUT2D eigenvalue weighted by molar-refractivity contribution is 4.75. The van der Waals surface area contributed by atoms with Gasteiger partial charge in [-0.05, 0) is 38.3 Å². The Morgan fingerprint density at radius 2 is 2.23 bits per heavy atom. The molecule has 2 nitrogen and oxygen atoms in total. The Hall–Kier alpha value is -0.0800. The van der Waals surface area contributed by atoms with Crippen molar-refractivity contribution in [2.24, 2.45) is 11.8 Å². The minimum atomic E-state index is 0.859. The molecule has 0 aliphatic carbocycles. The molecule has 0 bridgehead atoms. The lowest BCUT2D eigenvalue weighted by Crippen LogP contribution is -2.40. The topological polar surface area (TPSA) is 15.3 Å². The van der Waals surface area contributed by atoms with E-state index in [1.807, 2.05) is 7.05 Å². The van der Waals surface area contributed by atoms with Gasteiger partial charge in [-0.2, -0.15) is 0 Å². The van der Waals surface area contributed by atoms with Gasteiger partial charge in [-0.1, -0.05) is 13.8 Å². The molecule has 0 radical (unpaired) electrons. The van der Waals surface area contributed by atoms with Crippen LogP contribution in [-0.4, -0.2) is 38.1 Å². The van der Waals surface area contributed by atoms with Gasteiger partial charge in [-0.3, -0.25) is 0 Å². The Bertz CT molecular complexity index is 134. The molecule has 1 aliphatic rings. The van der Waals surface area contributed by atoms with Crippen molar-refractivity contribution in [1.82, 2.24) is 10.2 Å². The van der Waals surface area contributed by atoms with Gasteiger partial charge < -0.3 is 10.2 Å². The van der Waals surface area contributed by atoms with Gasteiger partial charge in [0, 0.05) is 19.6 Å². The van der Waals surface area contributed by atoms with Crippen LogP contribution < -0.4 is 5.32 Å². The summed E-state index contributed by atoms with van der Waals surface area (Å²) < 4.78 is 0. The van der Waals surface area contributed by atoms with Crippen LogP contribution in [0, 0.1) is 11.8 Å². The number of piperidine rings is 1. The molecule has 0 aromatic carbocycles. The molecule has 0 aromatic heterocycles. The quantitative estimate of drug-likeness (QED) is 0.713. The van der Waals surface area contributed by atoms with E-state index >= 15 is 0 Å². The Kier molecular flexibility index (Phi) is 4.74. The van der Waals surface area contributed by atoms with Crippen LogP contribution in [0.15, 0.2) is 0 Å². The van der Waals surface area contributed by atoms with E-state index < -0.39 is 0 Å². The number of hydrogen-bond donors (Lipinski definition) is 1. The summed E-state index contributed by atoms with van der Waals surface area (Å²) in [6.07, 6.45) is 2.83. The summed E-state index contributed by atoms with van der Waals surface area (Å²) in [6.45, 7) is 9.69. The fraction of sp³-hybridized carbons (Fsp3) is 1.00. The Morgan fingerprint density at radius 1 is 1.46 bits per heavy atom. The van der Waals surface area contributed by atoms with E-state index in [4.69, 9.17) is 0 Å². The SMILES string of the molecule is CNCCN1CCCC(C(C)C)C1. The predicted molar refractivity (Wildman–Crippen MR) is 57.9 cm³/mol. The van der Waals surface area contributed by atoms with Gasteiger partial charge in [0.1, 0.15) is 0 Å². The van der Waals surface area contributed by atoms with Crippen LogP contribution in [0.2, 0.25) is 0 Å². The molecule has 1 aliphatic heterocycles. The van der Waals surface area contributed by atoms with Crippen LogP contribution in [-0.2, 0) is 0 Å². The Morgan fingerprint density at radius 3 is 2.85 bits per heavy atom. The first-order valence-electron chi connectivity index (χ1n) is 5.61. The lowest BCUT2D eigenvalue weighted by Gasteiger charge is -2.34. The second kappa shape index (κ2) is 5.61. The van der Waals surface area contributed by atoms with Gasteiger partial charge >= 0.3 is 0 Å². The van der Waals surface area contributed by atoms with E-state index in [1.54, 1.807) is 0 Å². The summed E-state index contributed by atoms with van der Waals surface area (Å²) in [4.78, 5) is 2.60. The van der Waals surface area contributed by atoms with Gasteiger partial charge in [0.25, 0.3) is 0 Å². The number of rotatable bonds is 4. The van der Waals surface area contributed by atoms with Crippen molar-refractivity contribution in [2.75, 3.05) is 33.2 Å². The lowest BCUT2D eigenvalue weighted by atomic mass is 9.88. The van der Waals surface area contributed by atoms with Gasteiger partial charge in [0.2, 0.25) is 0 Å². The number of nitrogens with one attached hydrogen (secondary N) is 1. The molecule has 1 saturated heterocycles. The highest BCUT2D eigenvalue weighted by Gasteiger charge is 2.21. The molecule has 0 amide bonds. The maximum absolute atomic E-state index is 3.22. The second-order valence-electron chi connectivity index (χ2n) is 4.55. The molecular weight excluding hydrogens is 160 g/mol. The third kappa shape index (κ3) is 3.65. The van der Waals surface area contributed by atoms with Crippen LogP contribution in [0.3, 0.4) is 0 Å². The van der Waals surface area contributed by atoms with Crippen LogP contribution in [0.1, 0.15) is 26.7 Å². The van der Waals surface area contributed by atoms with Crippen molar-refractivity contribution in [3.63, 3.8) is 0 Å². The maximum atomic E-state index is 3.22. The van der Waals surface area contributed by atoms with Gasteiger partial charge in [-0.25, -0.2) is 0 Å². The molecule has 1 unspecified atom stereocenters.